The minimum Gasteiger partial charge on any atom is -0.268 e. The first-order valence-corrected chi connectivity index (χ1v) is 13.4. The minimum absolute atomic E-state index is 0.0139. The lowest BCUT2D eigenvalue weighted by molar-refractivity contribution is -0.138. The van der Waals surface area contributed by atoms with Gasteiger partial charge in [0.15, 0.2) is 0 Å². The van der Waals surface area contributed by atoms with E-state index in [0.29, 0.717) is 16.5 Å². The van der Waals surface area contributed by atoms with Crippen molar-refractivity contribution in [3.63, 3.8) is 0 Å². The molecule has 1 aromatic heterocycles. The molecule has 1 N–H and O–H groups in total. The highest BCUT2D eigenvalue weighted by molar-refractivity contribution is 8.18. The highest BCUT2D eigenvalue weighted by atomic mass is 35.5. The summed E-state index contributed by atoms with van der Waals surface area (Å²) in [6, 6.07) is 8.61. The number of fused-ring (bicyclic) bond motifs is 1. The fraction of sp³-hybridized carbons (Fsp3) is 0.227. The fourth-order valence-electron chi connectivity index (χ4n) is 3.62. The standard InChI is InChI=1S/C22H18ClF3N4O4S2/c1-36(33,34)28-6-7-29-20(31)19(35-21(29)32)9-13-2-5-18-15(8-13)11-27-30(18)12-14-3-4-16(23)10-17(14)22(24,25)26/h2-5,8-11,28H,6-7,12H2,1H3/b19-9-. The van der Waals surface area contributed by atoms with Crippen molar-refractivity contribution in [1.82, 2.24) is 19.4 Å². The third-order valence-electron chi connectivity index (χ3n) is 5.23. The molecule has 1 saturated heterocycles. The van der Waals surface area contributed by atoms with E-state index < -0.39 is 32.9 Å². The van der Waals surface area contributed by atoms with E-state index in [4.69, 9.17) is 11.6 Å². The number of amides is 2. The Morgan fingerprint density at radius 2 is 1.92 bits per heavy atom. The number of thioether (sulfide) groups is 1. The topological polar surface area (TPSA) is 101 Å². The zero-order valence-electron chi connectivity index (χ0n) is 18.5. The number of nitrogens with one attached hydrogen (secondary N) is 1. The second kappa shape index (κ2) is 9.88. The molecule has 1 aliphatic rings. The fourth-order valence-corrected chi connectivity index (χ4v) is 5.12. The van der Waals surface area contributed by atoms with E-state index >= 15 is 0 Å². The van der Waals surface area contributed by atoms with E-state index in [0.717, 1.165) is 29.0 Å². The molecule has 190 valence electrons. The molecule has 14 heteroatoms. The summed E-state index contributed by atoms with van der Waals surface area (Å²) in [5.74, 6) is -0.543. The molecular weight excluding hydrogens is 541 g/mol. The number of carbonyl (C=O) groups excluding carboxylic acids is 2. The number of hydrogen-bond acceptors (Lipinski definition) is 6. The van der Waals surface area contributed by atoms with Gasteiger partial charge in [-0.05, 0) is 53.2 Å². The molecule has 0 bridgehead atoms. The van der Waals surface area contributed by atoms with Crippen LogP contribution >= 0.6 is 23.4 Å². The van der Waals surface area contributed by atoms with Crippen LogP contribution in [0.1, 0.15) is 16.7 Å². The van der Waals surface area contributed by atoms with Crippen molar-refractivity contribution < 1.29 is 31.2 Å². The van der Waals surface area contributed by atoms with Gasteiger partial charge < -0.3 is 0 Å². The molecule has 4 rings (SSSR count). The van der Waals surface area contributed by atoms with Crippen LogP contribution in [0, 0.1) is 0 Å². The van der Waals surface area contributed by atoms with E-state index in [9.17, 15) is 31.2 Å². The van der Waals surface area contributed by atoms with Crippen LogP contribution in [-0.2, 0) is 27.5 Å². The summed E-state index contributed by atoms with van der Waals surface area (Å²) in [7, 11) is -3.45. The Kier molecular flexibility index (Phi) is 7.19. The molecular formula is C22H18ClF3N4O4S2. The molecule has 2 aromatic carbocycles. The van der Waals surface area contributed by atoms with Crippen LogP contribution in [0.15, 0.2) is 47.5 Å². The molecule has 0 radical (unpaired) electrons. The first-order valence-electron chi connectivity index (χ1n) is 10.3. The van der Waals surface area contributed by atoms with Gasteiger partial charge in [0.25, 0.3) is 11.1 Å². The molecule has 0 atom stereocenters. The van der Waals surface area contributed by atoms with E-state index in [1.54, 1.807) is 18.2 Å². The van der Waals surface area contributed by atoms with Gasteiger partial charge in [-0.1, -0.05) is 23.7 Å². The molecule has 0 spiro atoms. The Bertz CT molecular complexity index is 1500. The summed E-state index contributed by atoms with van der Waals surface area (Å²) >= 11 is 6.49. The molecule has 1 fully saturated rings. The van der Waals surface area contributed by atoms with Crippen molar-refractivity contribution in [2.24, 2.45) is 0 Å². The number of rotatable bonds is 7. The van der Waals surface area contributed by atoms with Crippen LogP contribution in [0.2, 0.25) is 5.02 Å². The van der Waals surface area contributed by atoms with Gasteiger partial charge in [-0.15, -0.1) is 0 Å². The Morgan fingerprint density at radius 3 is 2.61 bits per heavy atom. The molecule has 8 nitrogen and oxygen atoms in total. The number of aromatic nitrogens is 2. The molecule has 0 unspecified atom stereocenters. The average molecular weight is 559 g/mol. The largest absolute Gasteiger partial charge is 0.416 e. The first-order chi connectivity index (χ1) is 16.8. The zero-order chi connectivity index (χ0) is 26.3. The van der Waals surface area contributed by atoms with Gasteiger partial charge in [0.05, 0.1) is 35.0 Å². The Labute approximate surface area is 213 Å². The van der Waals surface area contributed by atoms with E-state index in [2.05, 4.69) is 9.82 Å². The summed E-state index contributed by atoms with van der Waals surface area (Å²) in [5, 5.41) is 4.30. The maximum atomic E-state index is 13.4. The second-order valence-electron chi connectivity index (χ2n) is 7.92. The number of imide groups is 1. The zero-order valence-corrected chi connectivity index (χ0v) is 20.9. The van der Waals surface area contributed by atoms with Gasteiger partial charge in [-0.2, -0.15) is 18.3 Å². The lowest BCUT2D eigenvalue weighted by Crippen LogP contribution is -2.36. The predicted octanol–water partition coefficient (Wildman–Crippen LogP) is 4.34. The lowest BCUT2D eigenvalue weighted by Gasteiger charge is -2.14. The lowest BCUT2D eigenvalue weighted by atomic mass is 10.1. The number of nitrogens with zero attached hydrogens (tertiary/aromatic N) is 3. The molecule has 0 saturated carbocycles. The maximum Gasteiger partial charge on any atom is 0.416 e. The van der Waals surface area contributed by atoms with E-state index in [1.807, 2.05) is 0 Å². The molecule has 36 heavy (non-hydrogen) atoms. The van der Waals surface area contributed by atoms with Gasteiger partial charge in [0, 0.05) is 23.5 Å². The van der Waals surface area contributed by atoms with Gasteiger partial charge >= 0.3 is 6.18 Å². The number of hydrogen-bond donors (Lipinski definition) is 1. The summed E-state index contributed by atoms with van der Waals surface area (Å²) in [6.07, 6.45) is -0.574. The summed E-state index contributed by atoms with van der Waals surface area (Å²) in [4.78, 5) is 25.9. The Morgan fingerprint density at radius 1 is 1.17 bits per heavy atom. The van der Waals surface area contributed by atoms with Gasteiger partial charge in [0.1, 0.15) is 0 Å². The number of alkyl halides is 3. The summed E-state index contributed by atoms with van der Waals surface area (Å²) < 4.78 is 66.3. The second-order valence-corrected chi connectivity index (χ2v) is 11.2. The number of sulfonamides is 1. The maximum absolute atomic E-state index is 13.4. The van der Waals surface area contributed by atoms with Crippen molar-refractivity contribution in [2.75, 3.05) is 19.3 Å². The van der Waals surface area contributed by atoms with Gasteiger partial charge in [0.2, 0.25) is 10.0 Å². The minimum atomic E-state index is -4.57. The molecule has 1 aliphatic heterocycles. The quantitative estimate of drug-likeness (QED) is 0.433. The van der Waals surface area contributed by atoms with Crippen LogP contribution in [0.25, 0.3) is 17.0 Å². The molecule has 3 aromatic rings. The van der Waals surface area contributed by atoms with Gasteiger partial charge in [-0.25, -0.2) is 13.1 Å². The summed E-state index contributed by atoms with van der Waals surface area (Å²) in [5.41, 5.74) is 0.345. The highest BCUT2D eigenvalue weighted by Crippen LogP contribution is 2.35. The highest BCUT2D eigenvalue weighted by Gasteiger charge is 2.35. The monoisotopic (exact) mass is 558 g/mol. The van der Waals surface area contributed by atoms with Crippen molar-refractivity contribution in [3.8, 4) is 0 Å². The summed E-state index contributed by atoms with van der Waals surface area (Å²) in [6.45, 7) is -0.334. The van der Waals surface area contributed by atoms with Crippen LogP contribution in [0.5, 0.6) is 0 Å². The first kappa shape index (κ1) is 26.2. The van der Waals surface area contributed by atoms with Crippen LogP contribution in [-0.4, -0.2) is 53.6 Å². The van der Waals surface area contributed by atoms with Crippen molar-refractivity contribution in [2.45, 2.75) is 12.7 Å². The average Bonchev–Trinajstić information content (AvgIpc) is 3.28. The predicted molar refractivity (Wildman–Crippen MR) is 131 cm³/mol. The SMILES string of the molecule is CS(=O)(=O)NCCN1C(=O)S/C(=C\c2ccc3c(cnn3Cc3ccc(Cl)cc3C(F)(F)F)c2)C1=O. The number of benzene rings is 2. The van der Waals surface area contributed by atoms with E-state index in [1.165, 1.54) is 29.1 Å². The van der Waals surface area contributed by atoms with E-state index in [-0.39, 0.29) is 35.1 Å². The number of halogens is 4. The van der Waals surface area contributed by atoms with Crippen LogP contribution in [0.4, 0.5) is 18.0 Å². The smallest absolute Gasteiger partial charge is 0.268 e. The van der Waals surface area contributed by atoms with Gasteiger partial charge in [-0.3, -0.25) is 19.2 Å². The normalized spacial score (nSPS) is 16.0. The third-order valence-corrected chi connectivity index (χ3v) is 7.11. The Hall–Kier alpha value is -2.87. The number of carbonyl (C=O) groups is 2. The van der Waals surface area contributed by atoms with Crippen molar-refractivity contribution >= 4 is 61.5 Å². The van der Waals surface area contributed by atoms with Crippen molar-refractivity contribution in [1.29, 1.82) is 0 Å². The van der Waals surface area contributed by atoms with Crippen molar-refractivity contribution in [3.05, 3.63) is 69.2 Å². The van der Waals surface area contributed by atoms with Crippen LogP contribution < -0.4 is 4.72 Å². The molecule has 0 aliphatic carbocycles. The Balaban J connectivity index is 1.54. The third kappa shape index (κ3) is 5.91. The molecule has 2 heterocycles. The molecule has 2 amide bonds. The van der Waals surface area contributed by atoms with Crippen LogP contribution in [0.3, 0.4) is 0 Å².